The van der Waals surface area contributed by atoms with Gasteiger partial charge in [0.05, 0.1) is 6.04 Å². The molecule has 1 N–H and O–H groups in total. The summed E-state index contributed by atoms with van der Waals surface area (Å²) in [4.78, 5) is 28.6. The topological polar surface area (TPSA) is 52.7 Å². The van der Waals surface area contributed by atoms with Crippen molar-refractivity contribution in [2.75, 3.05) is 32.7 Å². The van der Waals surface area contributed by atoms with Gasteiger partial charge in [0, 0.05) is 36.8 Å². The monoisotopic (exact) mass is 335 g/mol. The Hall–Kier alpha value is -1.59. The average molecular weight is 336 g/mol. The number of hydrogen-bond acceptors (Lipinski definition) is 3. The zero-order valence-corrected chi connectivity index (χ0v) is 13.9. The van der Waals surface area contributed by atoms with Gasteiger partial charge in [-0.2, -0.15) is 0 Å². The van der Waals surface area contributed by atoms with Gasteiger partial charge in [-0.3, -0.25) is 9.59 Å². The molecule has 124 valence electrons. The summed E-state index contributed by atoms with van der Waals surface area (Å²) in [6.45, 7) is 3.30. The van der Waals surface area contributed by atoms with E-state index in [1.54, 1.807) is 29.2 Å². The fraction of sp³-hybridized carbons (Fsp3) is 0.529. The van der Waals surface area contributed by atoms with E-state index in [0.717, 1.165) is 25.8 Å². The van der Waals surface area contributed by atoms with Crippen LogP contribution < -0.4 is 5.32 Å². The highest BCUT2D eigenvalue weighted by atomic mass is 35.5. The van der Waals surface area contributed by atoms with E-state index in [4.69, 9.17) is 11.6 Å². The Balaban J connectivity index is 1.54. The molecule has 0 bridgehead atoms. The minimum atomic E-state index is -0.0396. The normalized spacial score (nSPS) is 22.0. The first-order chi connectivity index (χ1) is 11.1. The van der Waals surface area contributed by atoms with Crippen molar-refractivity contribution < 1.29 is 9.59 Å². The molecule has 2 aliphatic heterocycles. The van der Waals surface area contributed by atoms with Gasteiger partial charge in [-0.25, -0.2) is 0 Å². The molecule has 1 aromatic carbocycles. The van der Waals surface area contributed by atoms with Crippen LogP contribution in [0.4, 0.5) is 0 Å². The highest BCUT2D eigenvalue weighted by molar-refractivity contribution is 6.30. The fourth-order valence-electron chi connectivity index (χ4n) is 3.19. The van der Waals surface area contributed by atoms with Crippen molar-refractivity contribution in [1.82, 2.24) is 15.1 Å². The number of carbonyl (C=O) groups excluding carboxylic acids is 2. The standard InChI is InChI=1S/C17H22ClN3O2/c18-14-6-4-13(5-7-14)16(22)20-9-11-21(12-10-20)17(23)15-3-1-2-8-19-15/h4-7,15,19H,1-3,8-12H2. The first-order valence-electron chi connectivity index (χ1n) is 8.22. The molecule has 2 aliphatic rings. The average Bonchev–Trinajstić information content (AvgIpc) is 2.62. The van der Waals surface area contributed by atoms with Crippen LogP contribution in [0.3, 0.4) is 0 Å². The van der Waals surface area contributed by atoms with E-state index in [1.807, 2.05) is 4.90 Å². The Morgan fingerprint density at radius 3 is 2.26 bits per heavy atom. The van der Waals surface area contributed by atoms with Crippen molar-refractivity contribution in [3.63, 3.8) is 0 Å². The molecule has 2 heterocycles. The maximum absolute atomic E-state index is 12.5. The lowest BCUT2D eigenvalue weighted by atomic mass is 10.0. The van der Waals surface area contributed by atoms with Gasteiger partial charge in [0.2, 0.25) is 5.91 Å². The summed E-state index contributed by atoms with van der Waals surface area (Å²) in [5.41, 5.74) is 0.642. The van der Waals surface area contributed by atoms with Crippen LogP contribution in [0.25, 0.3) is 0 Å². The second-order valence-electron chi connectivity index (χ2n) is 6.13. The predicted octanol–water partition coefficient (Wildman–Crippen LogP) is 1.77. The van der Waals surface area contributed by atoms with Gasteiger partial charge in [0.25, 0.3) is 5.91 Å². The number of carbonyl (C=O) groups is 2. The number of halogens is 1. The Bertz CT molecular complexity index is 562. The zero-order valence-electron chi connectivity index (χ0n) is 13.1. The zero-order chi connectivity index (χ0) is 16.2. The van der Waals surface area contributed by atoms with Gasteiger partial charge in [-0.05, 0) is 43.7 Å². The Kier molecular flexibility index (Phi) is 5.18. The van der Waals surface area contributed by atoms with Crippen molar-refractivity contribution >= 4 is 23.4 Å². The minimum absolute atomic E-state index is 0.00422. The van der Waals surface area contributed by atoms with Crippen LogP contribution in [-0.4, -0.2) is 60.4 Å². The van der Waals surface area contributed by atoms with Crippen molar-refractivity contribution in [2.45, 2.75) is 25.3 Å². The number of piperazine rings is 1. The quantitative estimate of drug-likeness (QED) is 0.896. The third kappa shape index (κ3) is 3.85. The number of amides is 2. The second kappa shape index (κ2) is 7.32. The SMILES string of the molecule is O=C(c1ccc(Cl)cc1)N1CCN(C(=O)C2CCCCN2)CC1. The Labute approximate surface area is 141 Å². The van der Waals surface area contributed by atoms with E-state index < -0.39 is 0 Å². The van der Waals surface area contributed by atoms with Crippen LogP contribution in [0.1, 0.15) is 29.6 Å². The molecule has 0 saturated carbocycles. The number of piperidine rings is 1. The summed E-state index contributed by atoms with van der Waals surface area (Å²) >= 11 is 5.85. The van der Waals surface area contributed by atoms with E-state index in [-0.39, 0.29) is 17.9 Å². The number of nitrogens with zero attached hydrogens (tertiary/aromatic N) is 2. The highest BCUT2D eigenvalue weighted by Gasteiger charge is 2.29. The molecule has 2 saturated heterocycles. The molecule has 0 aromatic heterocycles. The summed E-state index contributed by atoms with van der Waals surface area (Å²) in [6, 6.07) is 6.90. The van der Waals surface area contributed by atoms with Crippen LogP contribution in [0, 0.1) is 0 Å². The molecule has 0 spiro atoms. The van der Waals surface area contributed by atoms with E-state index in [1.165, 1.54) is 0 Å². The van der Waals surface area contributed by atoms with Gasteiger partial charge >= 0.3 is 0 Å². The number of benzene rings is 1. The van der Waals surface area contributed by atoms with Crippen molar-refractivity contribution in [1.29, 1.82) is 0 Å². The maximum atomic E-state index is 12.5. The molecule has 3 rings (SSSR count). The fourth-order valence-corrected chi connectivity index (χ4v) is 3.31. The lowest BCUT2D eigenvalue weighted by Crippen LogP contribution is -2.55. The van der Waals surface area contributed by atoms with E-state index >= 15 is 0 Å². The molecule has 2 amide bonds. The van der Waals surface area contributed by atoms with E-state index in [2.05, 4.69) is 5.32 Å². The first kappa shape index (κ1) is 16.3. The lowest BCUT2D eigenvalue weighted by Gasteiger charge is -2.37. The van der Waals surface area contributed by atoms with Crippen molar-refractivity contribution in [3.8, 4) is 0 Å². The largest absolute Gasteiger partial charge is 0.338 e. The first-order valence-corrected chi connectivity index (χ1v) is 8.60. The van der Waals surface area contributed by atoms with Gasteiger partial charge < -0.3 is 15.1 Å². The number of nitrogens with one attached hydrogen (secondary N) is 1. The predicted molar refractivity (Wildman–Crippen MR) is 89.6 cm³/mol. The molecule has 6 heteroatoms. The molecule has 1 atom stereocenters. The van der Waals surface area contributed by atoms with Crippen molar-refractivity contribution in [3.05, 3.63) is 34.9 Å². The molecular formula is C17H22ClN3O2. The molecule has 23 heavy (non-hydrogen) atoms. The highest BCUT2D eigenvalue weighted by Crippen LogP contribution is 2.15. The van der Waals surface area contributed by atoms with Gasteiger partial charge in [-0.15, -0.1) is 0 Å². The van der Waals surface area contributed by atoms with Crippen LogP contribution in [0.15, 0.2) is 24.3 Å². The van der Waals surface area contributed by atoms with Gasteiger partial charge in [0.1, 0.15) is 0 Å². The minimum Gasteiger partial charge on any atom is -0.338 e. The lowest BCUT2D eigenvalue weighted by molar-refractivity contribution is -0.135. The molecule has 1 aromatic rings. The van der Waals surface area contributed by atoms with E-state index in [0.29, 0.717) is 36.8 Å². The molecule has 0 aliphatic carbocycles. The molecule has 0 radical (unpaired) electrons. The molecule has 2 fully saturated rings. The Morgan fingerprint density at radius 1 is 1.00 bits per heavy atom. The molecular weight excluding hydrogens is 314 g/mol. The van der Waals surface area contributed by atoms with Crippen LogP contribution >= 0.6 is 11.6 Å². The second-order valence-corrected chi connectivity index (χ2v) is 6.56. The van der Waals surface area contributed by atoms with Gasteiger partial charge in [0.15, 0.2) is 0 Å². The third-order valence-corrected chi connectivity index (χ3v) is 4.83. The number of hydrogen-bond donors (Lipinski definition) is 1. The van der Waals surface area contributed by atoms with Gasteiger partial charge in [-0.1, -0.05) is 18.0 Å². The van der Waals surface area contributed by atoms with E-state index in [9.17, 15) is 9.59 Å². The summed E-state index contributed by atoms with van der Waals surface area (Å²) < 4.78 is 0. The van der Waals surface area contributed by atoms with Crippen molar-refractivity contribution in [2.24, 2.45) is 0 Å². The third-order valence-electron chi connectivity index (χ3n) is 4.58. The maximum Gasteiger partial charge on any atom is 0.253 e. The number of rotatable bonds is 2. The summed E-state index contributed by atoms with van der Waals surface area (Å²) in [5.74, 6) is 0.188. The summed E-state index contributed by atoms with van der Waals surface area (Å²) in [6.07, 6.45) is 3.17. The molecule has 1 unspecified atom stereocenters. The van der Waals surface area contributed by atoms with Crippen LogP contribution in [0.2, 0.25) is 5.02 Å². The van der Waals surface area contributed by atoms with Crippen LogP contribution in [0.5, 0.6) is 0 Å². The summed E-state index contributed by atoms with van der Waals surface area (Å²) in [7, 11) is 0. The smallest absolute Gasteiger partial charge is 0.253 e. The Morgan fingerprint density at radius 2 is 1.65 bits per heavy atom. The molecule has 5 nitrogen and oxygen atoms in total. The summed E-state index contributed by atoms with van der Waals surface area (Å²) in [5, 5.41) is 3.92. The van der Waals surface area contributed by atoms with Crippen LogP contribution in [-0.2, 0) is 4.79 Å².